The van der Waals surface area contributed by atoms with Gasteiger partial charge in [-0.3, -0.25) is 10.1 Å². The molecule has 0 aromatic carbocycles. The Hall–Kier alpha value is -0.620. The summed E-state index contributed by atoms with van der Waals surface area (Å²) in [7, 11) is -2.99. The van der Waals surface area contributed by atoms with Gasteiger partial charge in [0.25, 0.3) is 0 Å². The lowest BCUT2D eigenvalue weighted by Gasteiger charge is -2.26. The first kappa shape index (κ1) is 14.3. The summed E-state index contributed by atoms with van der Waals surface area (Å²) in [6.07, 6.45) is 6.26. The van der Waals surface area contributed by atoms with E-state index in [1.165, 1.54) is 0 Å². The predicted octanol–water partition coefficient (Wildman–Crippen LogP) is 1.04. The summed E-state index contributed by atoms with van der Waals surface area (Å²) in [5, 5.41) is 3.15. The van der Waals surface area contributed by atoms with Gasteiger partial charge in [0, 0.05) is 6.54 Å². The Morgan fingerprint density at radius 2 is 2.00 bits per heavy atom. The van der Waals surface area contributed by atoms with Gasteiger partial charge in [0.15, 0.2) is 9.84 Å². The molecule has 2 unspecified atom stereocenters. The van der Waals surface area contributed by atoms with Crippen LogP contribution in [0.2, 0.25) is 0 Å². The quantitative estimate of drug-likeness (QED) is 0.846. The number of hydrogen-bond donors (Lipinski definition) is 1. The molecule has 0 bridgehead atoms. The van der Waals surface area contributed by atoms with Crippen LogP contribution >= 0.6 is 0 Å². The van der Waals surface area contributed by atoms with Gasteiger partial charge in [0.2, 0.25) is 5.91 Å². The van der Waals surface area contributed by atoms with Crippen LogP contribution in [0.15, 0.2) is 0 Å². The third-order valence-corrected chi connectivity index (χ3v) is 7.45. The first-order chi connectivity index (χ1) is 9.48. The van der Waals surface area contributed by atoms with Crippen molar-refractivity contribution in [3.05, 3.63) is 0 Å². The lowest BCUT2D eigenvalue weighted by molar-refractivity contribution is -0.133. The van der Waals surface area contributed by atoms with Crippen LogP contribution in [0.25, 0.3) is 0 Å². The van der Waals surface area contributed by atoms with Crippen LogP contribution in [-0.4, -0.2) is 48.5 Å². The van der Waals surface area contributed by atoms with Crippen molar-refractivity contribution >= 4 is 15.7 Å². The zero-order chi connectivity index (χ0) is 14.4. The number of carbonyl (C=O) groups is 1. The van der Waals surface area contributed by atoms with Crippen molar-refractivity contribution in [1.82, 2.24) is 10.2 Å². The minimum atomic E-state index is -2.99. The third kappa shape index (κ3) is 2.17. The van der Waals surface area contributed by atoms with Crippen molar-refractivity contribution in [2.75, 3.05) is 12.3 Å². The second kappa shape index (κ2) is 4.98. The molecule has 2 atom stereocenters. The molecule has 2 heterocycles. The van der Waals surface area contributed by atoms with E-state index in [-0.39, 0.29) is 28.6 Å². The lowest BCUT2D eigenvalue weighted by Crippen LogP contribution is -2.45. The van der Waals surface area contributed by atoms with Gasteiger partial charge in [0.05, 0.1) is 22.7 Å². The second-order valence-corrected chi connectivity index (χ2v) is 8.85. The zero-order valence-corrected chi connectivity index (χ0v) is 12.9. The fraction of sp³-hybridized carbons (Fsp3) is 0.929. The molecule has 20 heavy (non-hydrogen) atoms. The van der Waals surface area contributed by atoms with Crippen molar-refractivity contribution in [1.29, 1.82) is 0 Å². The predicted molar refractivity (Wildman–Crippen MR) is 76.9 cm³/mol. The molecular weight excluding hydrogens is 276 g/mol. The lowest BCUT2D eigenvalue weighted by atomic mass is 9.98. The number of nitrogens with one attached hydrogen (secondary N) is 1. The van der Waals surface area contributed by atoms with E-state index >= 15 is 0 Å². The largest absolute Gasteiger partial charge is 0.324 e. The maximum Gasteiger partial charge on any atom is 0.244 e. The molecule has 0 aromatic rings. The molecule has 2 saturated heterocycles. The smallest absolute Gasteiger partial charge is 0.244 e. The average molecular weight is 300 g/mol. The van der Waals surface area contributed by atoms with E-state index in [2.05, 4.69) is 12.2 Å². The van der Waals surface area contributed by atoms with Crippen LogP contribution in [0.3, 0.4) is 0 Å². The number of hydrogen-bond acceptors (Lipinski definition) is 4. The van der Waals surface area contributed by atoms with Crippen LogP contribution in [0, 0.1) is 0 Å². The molecule has 3 aliphatic rings. The molecule has 1 saturated carbocycles. The molecule has 0 radical (unpaired) electrons. The summed E-state index contributed by atoms with van der Waals surface area (Å²) >= 11 is 0. The van der Waals surface area contributed by atoms with E-state index in [1.807, 2.05) is 4.90 Å². The highest BCUT2D eigenvalue weighted by molar-refractivity contribution is 7.92. The minimum Gasteiger partial charge on any atom is -0.324 e. The van der Waals surface area contributed by atoms with Crippen molar-refractivity contribution in [3.63, 3.8) is 0 Å². The highest BCUT2D eigenvalue weighted by Crippen LogP contribution is 2.37. The Balaban J connectivity index is 1.79. The standard InChI is InChI=1S/C14H24N2O3S/c1-2-12-15-14(7-3-4-8-14)13(17)16(12)10-11-6-5-9-20(11,18)19/h11-12,15H,2-10H2,1H3. The highest BCUT2D eigenvalue weighted by Gasteiger charge is 2.52. The van der Waals surface area contributed by atoms with Crippen LogP contribution < -0.4 is 5.32 Å². The Morgan fingerprint density at radius 1 is 1.30 bits per heavy atom. The SMILES string of the molecule is CCC1NC2(CCCC2)C(=O)N1CC1CCCS1(=O)=O. The van der Waals surface area contributed by atoms with E-state index in [9.17, 15) is 13.2 Å². The monoisotopic (exact) mass is 300 g/mol. The number of rotatable bonds is 3. The summed E-state index contributed by atoms with van der Waals surface area (Å²) < 4.78 is 24.0. The highest BCUT2D eigenvalue weighted by atomic mass is 32.2. The number of nitrogens with zero attached hydrogens (tertiary/aromatic N) is 1. The van der Waals surface area contributed by atoms with Crippen molar-refractivity contribution in [2.24, 2.45) is 0 Å². The van der Waals surface area contributed by atoms with Gasteiger partial charge in [-0.05, 0) is 32.1 Å². The van der Waals surface area contributed by atoms with Gasteiger partial charge in [-0.2, -0.15) is 0 Å². The third-order valence-electron chi connectivity index (χ3n) is 5.20. The van der Waals surface area contributed by atoms with Crippen molar-refractivity contribution in [2.45, 2.75) is 68.8 Å². The second-order valence-electron chi connectivity index (χ2n) is 6.45. The van der Waals surface area contributed by atoms with E-state index in [4.69, 9.17) is 0 Å². The first-order valence-electron chi connectivity index (χ1n) is 7.79. The van der Waals surface area contributed by atoms with E-state index in [1.54, 1.807) is 0 Å². The van der Waals surface area contributed by atoms with Crippen molar-refractivity contribution < 1.29 is 13.2 Å². The number of sulfone groups is 1. The molecule has 1 spiro atoms. The van der Waals surface area contributed by atoms with Crippen LogP contribution in [-0.2, 0) is 14.6 Å². The van der Waals surface area contributed by atoms with E-state index in [0.29, 0.717) is 13.0 Å². The van der Waals surface area contributed by atoms with Gasteiger partial charge < -0.3 is 4.90 Å². The molecule has 0 aromatic heterocycles. The Kier molecular flexibility index (Phi) is 3.57. The molecular formula is C14H24N2O3S. The summed E-state index contributed by atoms with van der Waals surface area (Å²) in [5.74, 6) is 0.429. The zero-order valence-electron chi connectivity index (χ0n) is 12.1. The van der Waals surface area contributed by atoms with Crippen molar-refractivity contribution in [3.8, 4) is 0 Å². The van der Waals surface area contributed by atoms with Crippen LogP contribution in [0.1, 0.15) is 51.9 Å². The Bertz CT molecular complexity index is 497. The van der Waals surface area contributed by atoms with Crippen LogP contribution in [0.4, 0.5) is 0 Å². The van der Waals surface area contributed by atoms with Gasteiger partial charge >= 0.3 is 0 Å². The molecule has 114 valence electrons. The fourth-order valence-electron chi connectivity index (χ4n) is 4.03. The Morgan fingerprint density at radius 3 is 2.55 bits per heavy atom. The number of amides is 1. The molecule has 3 rings (SSSR count). The van der Waals surface area contributed by atoms with Gasteiger partial charge in [-0.25, -0.2) is 8.42 Å². The molecule has 5 nitrogen and oxygen atoms in total. The molecule has 6 heteroatoms. The normalized spacial score (nSPS) is 35.2. The minimum absolute atomic E-state index is 0.0106. The van der Waals surface area contributed by atoms with E-state index < -0.39 is 9.84 Å². The maximum absolute atomic E-state index is 12.8. The van der Waals surface area contributed by atoms with Crippen LogP contribution in [0.5, 0.6) is 0 Å². The molecule has 2 aliphatic heterocycles. The first-order valence-corrected chi connectivity index (χ1v) is 9.50. The molecule has 3 fully saturated rings. The van der Waals surface area contributed by atoms with Gasteiger partial charge in [-0.1, -0.05) is 19.8 Å². The molecule has 1 amide bonds. The Labute approximate surface area is 121 Å². The molecule has 1 N–H and O–H groups in total. The summed E-state index contributed by atoms with van der Waals surface area (Å²) in [5.41, 5.74) is -0.386. The fourth-order valence-corrected chi connectivity index (χ4v) is 5.84. The molecule has 1 aliphatic carbocycles. The van der Waals surface area contributed by atoms with Gasteiger partial charge in [0.1, 0.15) is 0 Å². The summed E-state index contributed by atoms with van der Waals surface area (Å²) in [4.78, 5) is 14.6. The maximum atomic E-state index is 12.8. The van der Waals surface area contributed by atoms with E-state index in [0.717, 1.165) is 38.5 Å². The summed E-state index contributed by atoms with van der Waals surface area (Å²) in [6.45, 7) is 2.43. The number of carbonyl (C=O) groups excluding carboxylic acids is 1. The van der Waals surface area contributed by atoms with Gasteiger partial charge in [-0.15, -0.1) is 0 Å². The summed E-state index contributed by atoms with van der Waals surface area (Å²) in [6, 6.07) is 0. The average Bonchev–Trinajstić information content (AvgIpc) is 3.06. The topological polar surface area (TPSA) is 66.5 Å².